The second-order valence-corrected chi connectivity index (χ2v) is 6.50. The Morgan fingerprint density at radius 2 is 2.14 bits per heavy atom. The molecule has 2 aromatic carbocycles. The molecule has 2 aromatic rings. The zero-order valence-electron chi connectivity index (χ0n) is 11.8. The van der Waals surface area contributed by atoms with Gasteiger partial charge in [0, 0.05) is 10.5 Å². The molecule has 0 spiro atoms. The fraction of sp³-hybridized carbons (Fsp3) is 0.294. The molecule has 0 radical (unpaired) electrons. The Balaban J connectivity index is 1.95. The van der Waals surface area contributed by atoms with Crippen molar-refractivity contribution in [2.45, 2.75) is 18.9 Å². The van der Waals surface area contributed by atoms with Crippen LogP contribution in [0.3, 0.4) is 0 Å². The van der Waals surface area contributed by atoms with Gasteiger partial charge in [-0.15, -0.1) is 0 Å². The monoisotopic (exact) mass is 365 g/mol. The summed E-state index contributed by atoms with van der Waals surface area (Å²) < 4.78 is 6.52. The van der Waals surface area contributed by atoms with Crippen LogP contribution in [-0.4, -0.2) is 13.7 Å². The van der Waals surface area contributed by atoms with E-state index >= 15 is 0 Å². The third-order valence-electron chi connectivity index (χ3n) is 3.96. The lowest BCUT2D eigenvalue weighted by atomic mass is 9.90. The van der Waals surface area contributed by atoms with Crippen molar-refractivity contribution in [1.29, 1.82) is 0 Å². The Labute approximate surface area is 138 Å². The van der Waals surface area contributed by atoms with Gasteiger partial charge in [-0.1, -0.05) is 45.7 Å². The Bertz CT molecular complexity index is 659. The summed E-state index contributed by atoms with van der Waals surface area (Å²) in [6, 6.07) is 12.8. The van der Waals surface area contributed by atoms with Crippen molar-refractivity contribution in [3.05, 3.63) is 62.6 Å². The second-order valence-electron chi connectivity index (χ2n) is 5.24. The predicted molar refractivity (Wildman–Crippen MR) is 90.3 cm³/mol. The van der Waals surface area contributed by atoms with E-state index in [4.69, 9.17) is 16.3 Å². The number of hydrogen-bond donors (Lipinski definition) is 1. The van der Waals surface area contributed by atoms with E-state index in [-0.39, 0.29) is 0 Å². The van der Waals surface area contributed by atoms with Gasteiger partial charge in [0.05, 0.1) is 12.1 Å². The first-order valence-electron chi connectivity index (χ1n) is 7.02. The summed E-state index contributed by atoms with van der Waals surface area (Å²) in [5.74, 6) is 0.747. The van der Waals surface area contributed by atoms with Crippen molar-refractivity contribution < 1.29 is 4.74 Å². The quantitative estimate of drug-likeness (QED) is 0.861. The fourth-order valence-electron chi connectivity index (χ4n) is 2.86. The third-order valence-corrected chi connectivity index (χ3v) is 5.02. The smallest absolute Gasteiger partial charge is 0.137 e. The van der Waals surface area contributed by atoms with Gasteiger partial charge in [0.1, 0.15) is 5.75 Å². The lowest BCUT2D eigenvalue weighted by Crippen LogP contribution is -2.31. The average Bonchev–Trinajstić information content (AvgIpc) is 2.49. The van der Waals surface area contributed by atoms with Crippen LogP contribution in [0.2, 0.25) is 5.02 Å². The van der Waals surface area contributed by atoms with E-state index in [0.717, 1.165) is 29.6 Å². The summed E-state index contributed by atoms with van der Waals surface area (Å²) in [6.07, 6.45) is 1.95. The molecule has 0 fully saturated rings. The summed E-state index contributed by atoms with van der Waals surface area (Å²) >= 11 is 9.87. The van der Waals surface area contributed by atoms with E-state index in [2.05, 4.69) is 45.5 Å². The number of rotatable bonds is 3. The molecule has 110 valence electrons. The standard InChI is InChI=1S/C17H17BrClNO/c1-21-17-10-13-11(8-15(17)19)6-7-20-16(13)9-12-4-2-3-5-14(12)18/h2-5,8,10,16,20H,6-7,9H2,1H3. The van der Waals surface area contributed by atoms with Crippen LogP contribution in [0.5, 0.6) is 5.75 Å². The molecular formula is C17H17BrClNO. The molecule has 0 aromatic heterocycles. The Kier molecular flexibility index (Phi) is 4.53. The minimum atomic E-state index is 0.290. The molecule has 1 atom stereocenters. The van der Waals surface area contributed by atoms with Crippen LogP contribution in [-0.2, 0) is 12.8 Å². The highest BCUT2D eigenvalue weighted by Crippen LogP contribution is 2.35. The number of benzene rings is 2. The molecule has 3 rings (SSSR count). The van der Waals surface area contributed by atoms with Gasteiger partial charge in [0.15, 0.2) is 0 Å². The molecule has 1 unspecified atom stereocenters. The Morgan fingerprint density at radius 1 is 1.33 bits per heavy atom. The van der Waals surface area contributed by atoms with Crippen molar-refractivity contribution in [3.8, 4) is 5.75 Å². The van der Waals surface area contributed by atoms with Crippen molar-refractivity contribution in [3.63, 3.8) is 0 Å². The minimum absolute atomic E-state index is 0.290. The van der Waals surface area contributed by atoms with E-state index in [1.54, 1.807) is 7.11 Å². The van der Waals surface area contributed by atoms with Crippen LogP contribution < -0.4 is 10.1 Å². The molecule has 2 nitrogen and oxygen atoms in total. The van der Waals surface area contributed by atoms with E-state index in [9.17, 15) is 0 Å². The highest BCUT2D eigenvalue weighted by Gasteiger charge is 2.22. The molecule has 0 saturated carbocycles. The number of halogens is 2. The van der Waals surface area contributed by atoms with Crippen molar-refractivity contribution in [2.24, 2.45) is 0 Å². The van der Waals surface area contributed by atoms with Gasteiger partial charge in [-0.05, 0) is 54.3 Å². The van der Waals surface area contributed by atoms with Crippen LogP contribution >= 0.6 is 27.5 Å². The van der Waals surface area contributed by atoms with Crippen LogP contribution in [0, 0.1) is 0 Å². The number of fused-ring (bicyclic) bond motifs is 1. The Hall–Kier alpha value is -1.03. The van der Waals surface area contributed by atoms with Gasteiger partial charge in [-0.3, -0.25) is 0 Å². The number of ether oxygens (including phenoxy) is 1. The normalized spacial score (nSPS) is 17.4. The molecule has 1 aliphatic rings. The first-order chi connectivity index (χ1) is 10.2. The zero-order chi connectivity index (χ0) is 14.8. The van der Waals surface area contributed by atoms with Crippen molar-refractivity contribution in [2.75, 3.05) is 13.7 Å². The predicted octanol–water partition coefficient (Wildman–Crippen LogP) is 4.54. The summed E-state index contributed by atoms with van der Waals surface area (Å²) in [5, 5.41) is 4.29. The SMILES string of the molecule is COc1cc2c(cc1Cl)CCNC2Cc1ccccc1Br. The van der Waals surface area contributed by atoms with Crippen LogP contribution in [0.4, 0.5) is 0 Å². The molecule has 0 amide bonds. The average molecular weight is 367 g/mol. The van der Waals surface area contributed by atoms with Crippen LogP contribution in [0.15, 0.2) is 40.9 Å². The molecule has 1 N–H and O–H groups in total. The molecule has 21 heavy (non-hydrogen) atoms. The highest BCUT2D eigenvalue weighted by atomic mass is 79.9. The molecule has 4 heteroatoms. The Morgan fingerprint density at radius 3 is 2.90 bits per heavy atom. The van der Waals surface area contributed by atoms with Gasteiger partial charge in [0.25, 0.3) is 0 Å². The lowest BCUT2D eigenvalue weighted by molar-refractivity contribution is 0.411. The van der Waals surface area contributed by atoms with Gasteiger partial charge in [0.2, 0.25) is 0 Å². The molecule has 0 aliphatic carbocycles. The maximum Gasteiger partial charge on any atom is 0.137 e. The summed E-state index contributed by atoms with van der Waals surface area (Å²) in [4.78, 5) is 0. The van der Waals surface area contributed by atoms with E-state index in [0.29, 0.717) is 11.1 Å². The largest absolute Gasteiger partial charge is 0.495 e. The first kappa shape index (κ1) is 14.9. The van der Waals surface area contributed by atoms with E-state index in [1.165, 1.54) is 16.7 Å². The van der Waals surface area contributed by atoms with Crippen molar-refractivity contribution in [1.82, 2.24) is 5.32 Å². The maximum absolute atomic E-state index is 6.24. The summed E-state index contributed by atoms with van der Waals surface area (Å²) in [6.45, 7) is 0.977. The third kappa shape index (κ3) is 3.10. The number of methoxy groups -OCH3 is 1. The highest BCUT2D eigenvalue weighted by molar-refractivity contribution is 9.10. The van der Waals surface area contributed by atoms with Gasteiger partial charge in [-0.2, -0.15) is 0 Å². The molecule has 0 saturated heterocycles. The molecular weight excluding hydrogens is 350 g/mol. The van der Waals surface area contributed by atoms with Crippen LogP contribution in [0.1, 0.15) is 22.7 Å². The lowest BCUT2D eigenvalue weighted by Gasteiger charge is -2.28. The first-order valence-corrected chi connectivity index (χ1v) is 8.19. The van der Waals surface area contributed by atoms with E-state index < -0.39 is 0 Å². The topological polar surface area (TPSA) is 21.3 Å². The summed E-state index contributed by atoms with van der Waals surface area (Å²) in [5.41, 5.74) is 3.91. The number of hydrogen-bond acceptors (Lipinski definition) is 2. The van der Waals surface area contributed by atoms with Crippen molar-refractivity contribution >= 4 is 27.5 Å². The van der Waals surface area contributed by atoms with E-state index in [1.807, 2.05) is 12.1 Å². The maximum atomic E-state index is 6.24. The minimum Gasteiger partial charge on any atom is -0.495 e. The molecule has 0 bridgehead atoms. The zero-order valence-corrected chi connectivity index (χ0v) is 14.2. The second kappa shape index (κ2) is 6.39. The summed E-state index contributed by atoms with van der Waals surface area (Å²) in [7, 11) is 1.66. The van der Waals surface area contributed by atoms with Gasteiger partial charge >= 0.3 is 0 Å². The fourth-order valence-corrected chi connectivity index (χ4v) is 3.57. The number of nitrogens with one attached hydrogen (secondary N) is 1. The van der Waals surface area contributed by atoms with Gasteiger partial charge < -0.3 is 10.1 Å². The van der Waals surface area contributed by atoms with Gasteiger partial charge in [-0.25, -0.2) is 0 Å². The molecule has 1 heterocycles. The molecule has 1 aliphatic heterocycles. The van der Waals surface area contributed by atoms with Crippen LogP contribution in [0.25, 0.3) is 0 Å².